The molecule has 11 rings (SSSR count). The average molecular weight is 933 g/mol. The van der Waals surface area contributed by atoms with E-state index in [2.05, 4.69) is 74.6 Å². The highest BCUT2D eigenvalue weighted by atomic mass is 32.2. The smallest absolute Gasteiger partial charge is 0.156 e. The fourth-order valence-corrected chi connectivity index (χ4v) is 12.5. The summed E-state index contributed by atoms with van der Waals surface area (Å²) in [7, 11) is 2.16. The van der Waals surface area contributed by atoms with Crippen LogP contribution >= 0.6 is 23.5 Å². The van der Waals surface area contributed by atoms with Crippen molar-refractivity contribution in [2.75, 3.05) is 33.2 Å². The highest BCUT2D eigenvalue weighted by Gasteiger charge is 2.39. The van der Waals surface area contributed by atoms with E-state index in [1.807, 2.05) is 36.9 Å². The molecule has 8 aromatic heterocycles. The highest BCUT2D eigenvalue weighted by Crippen LogP contribution is 2.44. The number of likely N-dealkylation sites (tertiary alicyclic amines) is 1. The first-order chi connectivity index (χ1) is 32.6. The maximum Gasteiger partial charge on any atom is 0.156 e. The second-order valence-corrected chi connectivity index (χ2v) is 20.2. The lowest BCUT2D eigenvalue weighted by atomic mass is 9.90. The Hall–Kier alpha value is -6.44. The number of pyridine rings is 4. The summed E-state index contributed by atoms with van der Waals surface area (Å²) in [6.07, 6.45) is 16.3. The highest BCUT2D eigenvalue weighted by molar-refractivity contribution is 7.99. The number of nitrogens with one attached hydrogen (secondary N) is 1. The van der Waals surface area contributed by atoms with Gasteiger partial charge in [-0.15, -0.1) is 0 Å². The number of piperidine rings is 1. The standard InChI is InChI=1S/C49H46F2N14S2/c1-27(30-7-10-61(4)11-8-30)64-28(2)39(23-58-64)35-16-44(67-48-41(50)6-5-9-55-48)47-38(18-53)45(60-63(47)26-35)33-14-42(51)49(56-21-33)66-43-15-34(25-62-46(43)36(17-52)22-57-62)40-24-59-65(29(40)3)37-12-31-19-54-20-32(31)13-37/h5-6,9,14-16,21-27,30-32,37,54H,7-8,10-13,19-20H2,1-4H3/t27-,31-,32+,37?/m0/s1. The Morgan fingerprint density at radius 2 is 1.46 bits per heavy atom. The van der Waals surface area contributed by atoms with Gasteiger partial charge in [-0.05, 0) is 128 Å². The summed E-state index contributed by atoms with van der Waals surface area (Å²) in [6.45, 7) is 10.6. The SMILES string of the molecule is Cc1c(-c2cc(Sc3ncc(-c4nn5cc(-c6cnn([C@@H](C)C7CCN(C)CC7)c6C)cc(Sc6ncccc6F)c5c4C#N)cc3F)c3c(C#N)cnn3c2)cnn1C1C[C@H]2CNC[C@H]2C1. The maximum atomic E-state index is 16.6. The van der Waals surface area contributed by atoms with Gasteiger partial charge in [0, 0.05) is 73.8 Å². The third kappa shape index (κ3) is 7.65. The molecule has 3 fully saturated rings. The minimum absolute atomic E-state index is 0.0693. The lowest BCUT2D eigenvalue weighted by Gasteiger charge is -2.33. The molecule has 3 aliphatic rings. The molecule has 14 nitrogen and oxygen atoms in total. The van der Waals surface area contributed by atoms with Gasteiger partial charge >= 0.3 is 0 Å². The van der Waals surface area contributed by atoms with Crippen LogP contribution < -0.4 is 5.32 Å². The van der Waals surface area contributed by atoms with Gasteiger partial charge in [-0.25, -0.2) is 27.8 Å². The molecule has 2 aliphatic heterocycles. The third-order valence-electron chi connectivity index (χ3n) is 14.2. The molecular formula is C49H46F2N14S2. The monoisotopic (exact) mass is 932 g/mol. The molecule has 0 radical (unpaired) electrons. The molecule has 1 N–H and O–H groups in total. The van der Waals surface area contributed by atoms with Crippen molar-refractivity contribution in [1.29, 1.82) is 10.5 Å². The fourth-order valence-electron chi connectivity index (χ4n) is 10.6. The van der Waals surface area contributed by atoms with E-state index in [1.54, 1.807) is 9.03 Å². The normalized spacial score (nSPS) is 19.3. The number of nitriles is 2. The Kier molecular flexibility index (Phi) is 11.2. The van der Waals surface area contributed by atoms with E-state index in [1.165, 1.54) is 36.8 Å². The number of aromatic nitrogens is 10. The van der Waals surface area contributed by atoms with Crippen molar-refractivity contribution in [2.45, 2.75) is 78.4 Å². The predicted octanol–water partition coefficient (Wildman–Crippen LogP) is 9.18. The van der Waals surface area contributed by atoms with E-state index in [-0.39, 0.29) is 32.9 Å². The number of fused-ring (bicyclic) bond motifs is 3. The first-order valence-corrected chi connectivity index (χ1v) is 24.2. The zero-order valence-corrected chi connectivity index (χ0v) is 39.0. The first-order valence-electron chi connectivity index (χ1n) is 22.5. The molecule has 1 aliphatic carbocycles. The average Bonchev–Trinajstić information content (AvgIpc) is 4.19. The van der Waals surface area contributed by atoms with E-state index >= 15 is 8.78 Å². The van der Waals surface area contributed by atoms with E-state index in [4.69, 9.17) is 15.3 Å². The summed E-state index contributed by atoms with van der Waals surface area (Å²) in [5.74, 6) is 0.682. The largest absolute Gasteiger partial charge is 0.316 e. The van der Waals surface area contributed by atoms with Crippen molar-refractivity contribution in [2.24, 2.45) is 17.8 Å². The van der Waals surface area contributed by atoms with Crippen LogP contribution in [0.4, 0.5) is 8.78 Å². The van der Waals surface area contributed by atoms with Crippen molar-refractivity contribution >= 4 is 34.6 Å². The van der Waals surface area contributed by atoms with Gasteiger partial charge in [0.1, 0.15) is 33.4 Å². The van der Waals surface area contributed by atoms with Gasteiger partial charge in [-0.1, -0.05) is 23.5 Å². The molecule has 0 aromatic carbocycles. The van der Waals surface area contributed by atoms with E-state index in [0.717, 1.165) is 109 Å². The number of nitrogens with zero attached hydrogens (tertiary/aromatic N) is 13. The van der Waals surface area contributed by atoms with Crippen LogP contribution in [0.5, 0.6) is 0 Å². The van der Waals surface area contributed by atoms with Gasteiger partial charge < -0.3 is 10.2 Å². The molecule has 338 valence electrons. The van der Waals surface area contributed by atoms with Crippen LogP contribution in [0, 0.1) is 65.9 Å². The number of hydrogen-bond acceptors (Lipinski definition) is 12. The Labute approximate surface area is 394 Å². The Morgan fingerprint density at radius 3 is 2.16 bits per heavy atom. The van der Waals surface area contributed by atoms with Gasteiger partial charge in [0.05, 0.1) is 47.3 Å². The molecule has 0 spiro atoms. The van der Waals surface area contributed by atoms with Crippen molar-refractivity contribution in [3.8, 4) is 45.6 Å². The van der Waals surface area contributed by atoms with Crippen molar-refractivity contribution in [3.05, 3.63) is 108 Å². The van der Waals surface area contributed by atoms with Crippen LogP contribution in [0.15, 0.2) is 93.6 Å². The van der Waals surface area contributed by atoms with Crippen molar-refractivity contribution in [3.63, 3.8) is 0 Å². The number of hydrogen-bond donors (Lipinski definition) is 1. The maximum absolute atomic E-state index is 16.6. The lowest BCUT2D eigenvalue weighted by molar-refractivity contribution is 0.173. The van der Waals surface area contributed by atoms with E-state index in [9.17, 15) is 10.5 Å². The third-order valence-corrected chi connectivity index (χ3v) is 16.3. The molecule has 0 bridgehead atoms. The first kappa shape index (κ1) is 43.1. The molecule has 2 saturated heterocycles. The number of halogens is 2. The molecule has 18 heteroatoms. The summed E-state index contributed by atoms with van der Waals surface area (Å²) in [4.78, 5) is 12.4. The Morgan fingerprint density at radius 1 is 0.776 bits per heavy atom. The van der Waals surface area contributed by atoms with Crippen LogP contribution in [-0.4, -0.2) is 86.9 Å². The summed E-state index contributed by atoms with van der Waals surface area (Å²) in [5.41, 5.74) is 7.43. The molecule has 4 atom stereocenters. The van der Waals surface area contributed by atoms with Crippen molar-refractivity contribution in [1.82, 2.24) is 59.0 Å². The van der Waals surface area contributed by atoms with Crippen LogP contribution in [0.2, 0.25) is 0 Å². The summed E-state index contributed by atoms with van der Waals surface area (Å²) < 4.78 is 39.3. The van der Waals surface area contributed by atoms with Gasteiger partial charge in [0.15, 0.2) is 11.6 Å². The molecule has 10 heterocycles. The zero-order valence-electron chi connectivity index (χ0n) is 37.4. The topological polar surface area (TPSA) is 159 Å². The second-order valence-electron chi connectivity index (χ2n) is 18.1. The zero-order chi connectivity index (χ0) is 46.1. The summed E-state index contributed by atoms with van der Waals surface area (Å²) in [6, 6.07) is 13.1. The van der Waals surface area contributed by atoms with Gasteiger partial charge in [-0.2, -0.15) is 30.9 Å². The fraction of sp³-hybridized carbons (Fsp3) is 0.347. The molecule has 8 aromatic rings. The quantitative estimate of drug-likeness (QED) is 0.139. The predicted molar refractivity (Wildman–Crippen MR) is 250 cm³/mol. The van der Waals surface area contributed by atoms with Gasteiger partial charge in [0.25, 0.3) is 0 Å². The van der Waals surface area contributed by atoms with Gasteiger partial charge in [0.2, 0.25) is 0 Å². The van der Waals surface area contributed by atoms with Crippen LogP contribution in [0.3, 0.4) is 0 Å². The van der Waals surface area contributed by atoms with Crippen LogP contribution in [0.1, 0.15) is 67.2 Å². The number of rotatable bonds is 10. The lowest BCUT2D eigenvalue weighted by Crippen LogP contribution is -2.33. The van der Waals surface area contributed by atoms with Crippen LogP contribution in [-0.2, 0) is 0 Å². The van der Waals surface area contributed by atoms with Crippen molar-refractivity contribution < 1.29 is 8.78 Å². The minimum atomic E-state index is -0.636. The minimum Gasteiger partial charge on any atom is -0.316 e. The van der Waals surface area contributed by atoms with E-state index in [0.29, 0.717) is 50.2 Å². The van der Waals surface area contributed by atoms with Gasteiger partial charge in [-0.3, -0.25) is 9.36 Å². The van der Waals surface area contributed by atoms with Crippen LogP contribution in [0.25, 0.3) is 44.5 Å². The van der Waals surface area contributed by atoms with E-state index < -0.39 is 11.6 Å². The Balaban J connectivity index is 0.949. The molecule has 1 unspecified atom stereocenters. The molecule has 67 heavy (non-hydrogen) atoms. The molecular weight excluding hydrogens is 887 g/mol. The molecule has 1 saturated carbocycles. The molecule has 0 amide bonds. The summed E-state index contributed by atoms with van der Waals surface area (Å²) in [5, 5.41) is 43.7. The summed E-state index contributed by atoms with van der Waals surface area (Å²) >= 11 is 2.19. The second kappa shape index (κ2) is 17.3. The Bertz CT molecular complexity index is 3300.